The summed E-state index contributed by atoms with van der Waals surface area (Å²) in [7, 11) is 0. The molecule has 0 bridgehead atoms. The van der Waals surface area contributed by atoms with Crippen LogP contribution < -0.4 is 5.32 Å². The van der Waals surface area contributed by atoms with Crippen LogP contribution in [0.4, 0.5) is 0 Å². The molecule has 3 rings (SSSR count). The molecular formula is C20H24N4O3. The highest BCUT2D eigenvalue weighted by molar-refractivity contribution is 5.89. The number of hydrogen-bond acceptors (Lipinski definition) is 3. The van der Waals surface area contributed by atoms with Crippen molar-refractivity contribution in [3.63, 3.8) is 0 Å². The molecule has 2 N–H and O–H groups in total. The Morgan fingerprint density at radius 3 is 2.44 bits per heavy atom. The zero-order chi connectivity index (χ0) is 19.2. The molecule has 0 spiro atoms. The first-order chi connectivity index (χ1) is 13.1. The zero-order valence-electron chi connectivity index (χ0n) is 15.2. The molecule has 1 saturated heterocycles. The highest BCUT2D eigenvalue weighted by Crippen LogP contribution is 2.19. The van der Waals surface area contributed by atoms with Crippen molar-refractivity contribution >= 4 is 28.6 Å². The second-order valence-corrected chi connectivity index (χ2v) is 6.54. The molecule has 27 heavy (non-hydrogen) atoms. The van der Waals surface area contributed by atoms with Crippen molar-refractivity contribution < 1.29 is 14.4 Å². The summed E-state index contributed by atoms with van der Waals surface area (Å²) in [5.74, 6) is -0.219. The predicted molar refractivity (Wildman–Crippen MR) is 103 cm³/mol. The van der Waals surface area contributed by atoms with Gasteiger partial charge < -0.3 is 20.1 Å². The number of nitrogens with zero attached hydrogens (tertiary/aromatic N) is 2. The lowest BCUT2D eigenvalue weighted by molar-refractivity contribution is -0.139. The van der Waals surface area contributed by atoms with Crippen LogP contribution in [0.3, 0.4) is 0 Å². The SMILES string of the molecule is C=CC(=O)NCCC(=O)N1CCN(C(=O)Cc2c[nH]c3ccccc23)CC1. The van der Waals surface area contributed by atoms with E-state index < -0.39 is 0 Å². The summed E-state index contributed by atoms with van der Waals surface area (Å²) < 4.78 is 0. The minimum absolute atomic E-state index is 0.0110. The molecule has 7 heteroatoms. The number of nitrogens with one attached hydrogen (secondary N) is 2. The van der Waals surface area contributed by atoms with E-state index in [4.69, 9.17) is 0 Å². The van der Waals surface area contributed by atoms with E-state index in [0.29, 0.717) is 39.1 Å². The number of aromatic nitrogens is 1. The average Bonchev–Trinajstić information content (AvgIpc) is 3.10. The Balaban J connectivity index is 1.47. The van der Waals surface area contributed by atoms with Gasteiger partial charge in [-0.1, -0.05) is 24.8 Å². The fourth-order valence-corrected chi connectivity index (χ4v) is 3.28. The highest BCUT2D eigenvalue weighted by atomic mass is 16.2. The molecule has 0 atom stereocenters. The van der Waals surface area contributed by atoms with Gasteiger partial charge in [-0.25, -0.2) is 0 Å². The van der Waals surface area contributed by atoms with Crippen LogP contribution in [0, 0.1) is 0 Å². The van der Waals surface area contributed by atoms with Gasteiger partial charge in [-0.05, 0) is 17.7 Å². The Bertz CT molecular complexity index is 850. The summed E-state index contributed by atoms with van der Waals surface area (Å²) in [5, 5.41) is 3.67. The fourth-order valence-electron chi connectivity index (χ4n) is 3.28. The van der Waals surface area contributed by atoms with Crippen LogP contribution in [0.2, 0.25) is 0 Å². The maximum atomic E-state index is 12.6. The van der Waals surface area contributed by atoms with E-state index in [0.717, 1.165) is 16.5 Å². The molecule has 2 heterocycles. The van der Waals surface area contributed by atoms with Gasteiger partial charge in [0.05, 0.1) is 6.42 Å². The molecule has 0 aliphatic carbocycles. The largest absolute Gasteiger partial charge is 0.361 e. The molecule has 3 amide bonds. The van der Waals surface area contributed by atoms with Crippen molar-refractivity contribution in [1.82, 2.24) is 20.1 Å². The fraction of sp³-hybridized carbons (Fsp3) is 0.350. The summed E-state index contributed by atoms with van der Waals surface area (Å²) in [5.41, 5.74) is 2.02. The maximum absolute atomic E-state index is 12.6. The van der Waals surface area contributed by atoms with Crippen LogP contribution in [-0.2, 0) is 20.8 Å². The third kappa shape index (κ3) is 4.55. The van der Waals surface area contributed by atoms with Crippen molar-refractivity contribution in [1.29, 1.82) is 0 Å². The van der Waals surface area contributed by atoms with Crippen LogP contribution in [0.5, 0.6) is 0 Å². The topological polar surface area (TPSA) is 85.5 Å². The second-order valence-electron chi connectivity index (χ2n) is 6.54. The first-order valence-electron chi connectivity index (χ1n) is 9.09. The van der Waals surface area contributed by atoms with Crippen LogP contribution in [-0.4, -0.2) is 65.2 Å². The molecule has 0 radical (unpaired) electrons. The molecule has 2 aromatic rings. The van der Waals surface area contributed by atoms with Crippen molar-refractivity contribution in [2.24, 2.45) is 0 Å². The Kier molecular flexibility index (Phi) is 5.90. The van der Waals surface area contributed by atoms with Gasteiger partial charge in [0.15, 0.2) is 0 Å². The minimum atomic E-state index is -0.282. The van der Waals surface area contributed by atoms with Crippen molar-refractivity contribution in [3.05, 3.63) is 48.7 Å². The number of H-pyrrole nitrogens is 1. The van der Waals surface area contributed by atoms with E-state index in [9.17, 15) is 14.4 Å². The monoisotopic (exact) mass is 368 g/mol. The molecule has 7 nitrogen and oxygen atoms in total. The highest BCUT2D eigenvalue weighted by Gasteiger charge is 2.24. The van der Waals surface area contributed by atoms with Gasteiger partial charge in [0.2, 0.25) is 17.7 Å². The van der Waals surface area contributed by atoms with Crippen LogP contribution in [0.15, 0.2) is 43.1 Å². The number of benzene rings is 1. The summed E-state index contributed by atoms with van der Waals surface area (Å²) in [6, 6.07) is 7.93. The summed E-state index contributed by atoms with van der Waals surface area (Å²) in [4.78, 5) is 42.7. The Hall–Kier alpha value is -3.09. The Labute approximate surface area is 158 Å². The van der Waals surface area contributed by atoms with Gasteiger partial charge in [-0.2, -0.15) is 0 Å². The normalized spacial score (nSPS) is 14.2. The van der Waals surface area contributed by atoms with E-state index in [1.54, 1.807) is 4.90 Å². The number of rotatable bonds is 6. The Morgan fingerprint density at radius 2 is 1.74 bits per heavy atom. The maximum Gasteiger partial charge on any atom is 0.243 e. The number of hydrogen-bond donors (Lipinski definition) is 2. The number of para-hydroxylation sites is 1. The number of aromatic amines is 1. The number of carbonyl (C=O) groups is 3. The molecule has 1 aliphatic heterocycles. The zero-order valence-corrected chi connectivity index (χ0v) is 15.2. The number of carbonyl (C=O) groups excluding carboxylic acids is 3. The van der Waals surface area contributed by atoms with E-state index in [1.807, 2.05) is 35.4 Å². The predicted octanol–water partition coefficient (Wildman–Crippen LogP) is 1.07. The van der Waals surface area contributed by atoms with Crippen molar-refractivity contribution in [2.45, 2.75) is 12.8 Å². The quantitative estimate of drug-likeness (QED) is 0.748. The van der Waals surface area contributed by atoms with E-state index in [-0.39, 0.29) is 24.1 Å². The first-order valence-corrected chi connectivity index (χ1v) is 9.09. The summed E-state index contributed by atoms with van der Waals surface area (Å²) in [6.45, 7) is 5.78. The molecule has 142 valence electrons. The molecule has 0 unspecified atom stereocenters. The third-order valence-electron chi connectivity index (χ3n) is 4.83. The van der Waals surface area contributed by atoms with Gasteiger partial charge in [-0.15, -0.1) is 0 Å². The van der Waals surface area contributed by atoms with Gasteiger partial charge in [-0.3, -0.25) is 14.4 Å². The average molecular weight is 368 g/mol. The van der Waals surface area contributed by atoms with Gasteiger partial charge in [0.1, 0.15) is 0 Å². The second kappa shape index (κ2) is 8.53. The van der Waals surface area contributed by atoms with Crippen LogP contribution >= 0.6 is 0 Å². The molecular weight excluding hydrogens is 344 g/mol. The number of fused-ring (bicyclic) bond motifs is 1. The smallest absolute Gasteiger partial charge is 0.243 e. The number of amides is 3. The van der Waals surface area contributed by atoms with Crippen molar-refractivity contribution in [2.75, 3.05) is 32.7 Å². The summed E-state index contributed by atoms with van der Waals surface area (Å²) >= 11 is 0. The molecule has 1 aromatic heterocycles. The van der Waals surface area contributed by atoms with E-state index in [2.05, 4.69) is 16.9 Å². The van der Waals surface area contributed by atoms with Gasteiger partial charge in [0, 0.05) is 56.2 Å². The molecule has 1 aliphatic rings. The minimum Gasteiger partial charge on any atom is -0.361 e. The van der Waals surface area contributed by atoms with E-state index in [1.165, 1.54) is 6.08 Å². The van der Waals surface area contributed by atoms with Crippen LogP contribution in [0.1, 0.15) is 12.0 Å². The van der Waals surface area contributed by atoms with Crippen molar-refractivity contribution in [3.8, 4) is 0 Å². The van der Waals surface area contributed by atoms with Gasteiger partial charge in [0.25, 0.3) is 0 Å². The lowest BCUT2D eigenvalue weighted by Gasteiger charge is -2.35. The molecule has 0 saturated carbocycles. The summed E-state index contributed by atoms with van der Waals surface area (Å²) in [6.07, 6.45) is 3.68. The third-order valence-corrected chi connectivity index (χ3v) is 4.83. The van der Waals surface area contributed by atoms with E-state index >= 15 is 0 Å². The molecule has 1 aromatic carbocycles. The lowest BCUT2D eigenvalue weighted by atomic mass is 10.1. The first kappa shape index (κ1) is 18.7. The van der Waals surface area contributed by atoms with Gasteiger partial charge >= 0.3 is 0 Å². The Morgan fingerprint density at radius 1 is 1.07 bits per heavy atom. The van der Waals surface area contributed by atoms with Crippen LogP contribution in [0.25, 0.3) is 10.9 Å². The molecule has 1 fully saturated rings. The lowest BCUT2D eigenvalue weighted by Crippen LogP contribution is -2.51. The standard InChI is InChI=1S/C20H24N4O3/c1-2-18(25)21-8-7-19(26)23-9-11-24(12-10-23)20(27)13-15-14-22-17-6-4-3-5-16(15)17/h2-6,14,22H,1,7-13H2,(H,21,25). The number of piperazine rings is 1.